The summed E-state index contributed by atoms with van der Waals surface area (Å²) in [6.45, 7) is 0. The van der Waals surface area contributed by atoms with Crippen molar-refractivity contribution in [3.05, 3.63) is 41.0 Å². The van der Waals surface area contributed by atoms with Crippen LogP contribution in [0.15, 0.2) is 30.6 Å². The summed E-state index contributed by atoms with van der Waals surface area (Å²) in [5.41, 5.74) is 1.03. The summed E-state index contributed by atoms with van der Waals surface area (Å²) in [6.07, 6.45) is 3.54. The van der Waals surface area contributed by atoms with Gasteiger partial charge in [-0.2, -0.15) is 0 Å². The molecule has 6 heteroatoms. The summed E-state index contributed by atoms with van der Waals surface area (Å²) in [5.74, 6) is 0. The number of halogens is 2. The Morgan fingerprint density at radius 3 is 2.82 bits per heavy atom. The smallest absolute Gasteiger partial charge is 0.225 e. The Morgan fingerprint density at radius 2 is 2.06 bits per heavy atom. The predicted octanol–water partition coefficient (Wildman–Crippen LogP) is 4.06. The highest BCUT2D eigenvalue weighted by atomic mass is 35.5. The summed E-state index contributed by atoms with van der Waals surface area (Å²) in [5, 5.41) is 1.37. The second-order valence-electron chi connectivity index (χ2n) is 3.35. The molecule has 3 aromatic heterocycles. The second-order valence-corrected chi connectivity index (χ2v) is 5.08. The van der Waals surface area contributed by atoms with E-state index in [0.29, 0.717) is 5.15 Å². The Hall–Kier alpha value is -1.23. The molecule has 0 aliphatic rings. The highest BCUT2D eigenvalue weighted by Gasteiger charge is 2.10. The minimum Gasteiger partial charge on any atom is -0.264 e. The second kappa shape index (κ2) is 4.22. The summed E-state index contributed by atoms with van der Waals surface area (Å²) in [4.78, 5) is 14.0. The summed E-state index contributed by atoms with van der Waals surface area (Å²) in [7, 11) is 0. The Balaban J connectivity index is 2.24. The first-order chi connectivity index (χ1) is 8.24. The molecule has 0 saturated heterocycles. The van der Waals surface area contributed by atoms with Gasteiger partial charge in [0.25, 0.3) is 0 Å². The molecular formula is C11H5Cl2N3S. The van der Waals surface area contributed by atoms with Gasteiger partial charge in [-0.15, -0.1) is 11.3 Å². The van der Waals surface area contributed by atoms with Crippen molar-refractivity contribution in [2.75, 3.05) is 0 Å². The maximum absolute atomic E-state index is 6.02. The number of pyridine rings is 1. The first kappa shape index (κ1) is 10.9. The monoisotopic (exact) mass is 281 g/mol. The molecule has 3 aromatic rings. The molecule has 0 atom stereocenters. The lowest BCUT2D eigenvalue weighted by Crippen LogP contribution is -1.81. The van der Waals surface area contributed by atoms with Gasteiger partial charge in [0, 0.05) is 28.2 Å². The van der Waals surface area contributed by atoms with Gasteiger partial charge >= 0.3 is 0 Å². The molecule has 17 heavy (non-hydrogen) atoms. The van der Waals surface area contributed by atoms with Gasteiger partial charge in [-0.25, -0.2) is 9.97 Å². The number of nitrogens with zero attached hydrogens (tertiary/aromatic N) is 3. The van der Waals surface area contributed by atoms with E-state index in [1.807, 2.05) is 18.2 Å². The van der Waals surface area contributed by atoms with E-state index in [1.54, 1.807) is 12.4 Å². The van der Waals surface area contributed by atoms with Crippen molar-refractivity contribution >= 4 is 44.8 Å². The van der Waals surface area contributed by atoms with Gasteiger partial charge < -0.3 is 0 Å². The summed E-state index contributed by atoms with van der Waals surface area (Å²) >= 11 is 13.3. The average molecular weight is 282 g/mol. The van der Waals surface area contributed by atoms with E-state index >= 15 is 0 Å². The van der Waals surface area contributed by atoms with Gasteiger partial charge in [-0.1, -0.05) is 17.7 Å². The van der Waals surface area contributed by atoms with Gasteiger partial charge in [-0.05, 0) is 23.7 Å². The van der Waals surface area contributed by atoms with Gasteiger partial charge in [0.15, 0.2) is 0 Å². The summed E-state index contributed by atoms with van der Waals surface area (Å²) in [6, 6.07) is 5.83. The SMILES string of the molecule is Clc1nc(Cl)c2cc(-c3cccnc3)sc2n1. The molecule has 3 heterocycles. The van der Waals surface area contributed by atoms with Crippen molar-refractivity contribution in [2.45, 2.75) is 0 Å². The zero-order valence-corrected chi connectivity index (χ0v) is 10.7. The van der Waals surface area contributed by atoms with E-state index in [4.69, 9.17) is 23.2 Å². The first-order valence-electron chi connectivity index (χ1n) is 4.77. The Kier molecular flexibility index (Phi) is 2.70. The first-order valence-corrected chi connectivity index (χ1v) is 6.34. The molecule has 0 fully saturated rings. The van der Waals surface area contributed by atoms with Crippen LogP contribution < -0.4 is 0 Å². The van der Waals surface area contributed by atoms with Crippen molar-refractivity contribution in [1.29, 1.82) is 0 Å². The molecule has 0 N–H and O–H groups in total. The molecule has 84 valence electrons. The number of rotatable bonds is 1. The molecule has 0 aliphatic heterocycles. The van der Waals surface area contributed by atoms with Gasteiger partial charge in [0.05, 0.1) is 0 Å². The van der Waals surface area contributed by atoms with E-state index in [2.05, 4.69) is 15.0 Å². The van der Waals surface area contributed by atoms with Crippen LogP contribution >= 0.6 is 34.5 Å². The van der Waals surface area contributed by atoms with Crippen LogP contribution in [0.5, 0.6) is 0 Å². The van der Waals surface area contributed by atoms with E-state index in [1.165, 1.54) is 11.3 Å². The molecule has 3 nitrogen and oxygen atoms in total. The fraction of sp³-hybridized carbons (Fsp3) is 0. The van der Waals surface area contributed by atoms with Crippen LogP contribution in [0.4, 0.5) is 0 Å². The lowest BCUT2D eigenvalue weighted by molar-refractivity contribution is 1.23. The van der Waals surface area contributed by atoms with Crippen LogP contribution in [0.2, 0.25) is 10.4 Å². The Morgan fingerprint density at radius 1 is 1.18 bits per heavy atom. The fourth-order valence-corrected chi connectivity index (χ4v) is 3.08. The molecule has 0 unspecified atom stereocenters. The normalized spacial score (nSPS) is 10.9. The maximum atomic E-state index is 6.02. The van der Waals surface area contributed by atoms with Crippen LogP contribution in [-0.4, -0.2) is 15.0 Å². The molecule has 0 spiro atoms. The zero-order valence-electron chi connectivity index (χ0n) is 8.39. The van der Waals surface area contributed by atoms with Gasteiger partial charge in [0.1, 0.15) is 9.98 Å². The Bertz CT molecular complexity index is 682. The van der Waals surface area contributed by atoms with Crippen LogP contribution in [-0.2, 0) is 0 Å². The molecule has 0 aliphatic carbocycles. The lowest BCUT2D eigenvalue weighted by atomic mass is 10.2. The molecule has 0 bridgehead atoms. The fourth-order valence-electron chi connectivity index (χ4n) is 1.51. The zero-order chi connectivity index (χ0) is 11.8. The number of thiophene rings is 1. The number of hydrogen-bond donors (Lipinski definition) is 0. The quantitative estimate of drug-likeness (QED) is 0.499. The van der Waals surface area contributed by atoms with E-state index in [9.17, 15) is 0 Å². The number of fused-ring (bicyclic) bond motifs is 1. The molecule has 0 radical (unpaired) electrons. The summed E-state index contributed by atoms with van der Waals surface area (Å²) < 4.78 is 0. The van der Waals surface area contributed by atoms with Crippen molar-refractivity contribution in [1.82, 2.24) is 15.0 Å². The molecule has 0 saturated carbocycles. The number of hydrogen-bond acceptors (Lipinski definition) is 4. The van der Waals surface area contributed by atoms with Crippen molar-refractivity contribution < 1.29 is 0 Å². The topological polar surface area (TPSA) is 38.7 Å². The minimum absolute atomic E-state index is 0.169. The van der Waals surface area contributed by atoms with Gasteiger partial charge in [-0.3, -0.25) is 4.98 Å². The van der Waals surface area contributed by atoms with Crippen molar-refractivity contribution in [3.8, 4) is 10.4 Å². The average Bonchev–Trinajstić information content (AvgIpc) is 2.74. The third kappa shape index (κ3) is 1.99. The minimum atomic E-state index is 0.169. The third-order valence-corrected chi connectivity index (χ3v) is 3.80. The lowest BCUT2D eigenvalue weighted by Gasteiger charge is -1.92. The maximum Gasteiger partial charge on any atom is 0.225 e. The van der Waals surface area contributed by atoms with Crippen molar-refractivity contribution in [3.63, 3.8) is 0 Å². The van der Waals surface area contributed by atoms with Crippen LogP contribution in [0.3, 0.4) is 0 Å². The van der Waals surface area contributed by atoms with Gasteiger partial charge in [0.2, 0.25) is 5.28 Å². The van der Waals surface area contributed by atoms with Crippen LogP contribution in [0.25, 0.3) is 20.7 Å². The third-order valence-electron chi connectivity index (χ3n) is 2.26. The number of aromatic nitrogens is 3. The van der Waals surface area contributed by atoms with E-state index in [-0.39, 0.29) is 5.28 Å². The molecule has 0 aromatic carbocycles. The van der Waals surface area contributed by atoms with Crippen molar-refractivity contribution in [2.24, 2.45) is 0 Å². The Labute approximate surface area is 111 Å². The van der Waals surface area contributed by atoms with E-state index in [0.717, 1.165) is 20.7 Å². The highest BCUT2D eigenvalue weighted by Crippen LogP contribution is 2.35. The molecule has 0 amide bonds. The highest BCUT2D eigenvalue weighted by molar-refractivity contribution is 7.22. The predicted molar refractivity (Wildman–Crippen MR) is 70.7 cm³/mol. The van der Waals surface area contributed by atoms with Crippen LogP contribution in [0, 0.1) is 0 Å². The van der Waals surface area contributed by atoms with Crippen LogP contribution in [0.1, 0.15) is 0 Å². The molecular weight excluding hydrogens is 277 g/mol. The largest absolute Gasteiger partial charge is 0.264 e. The molecule has 3 rings (SSSR count). The van der Waals surface area contributed by atoms with E-state index < -0.39 is 0 Å². The standard InChI is InChI=1S/C11H5Cl2N3S/c12-9-7-4-8(6-2-1-3-14-5-6)17-10(7)16-11(13)15-9/h1-5H.